The molecule has 2 heterocycles. The minimum Gasteiger partial charge on any atom is -0.497 e. The van der Waals surface area contributed by atoms with E-state index in [1.165, 1.54) is 11.1 Å². The molecule has 0 saturated heterocycles. The number of fused-ring (bicyclic) bond motifs is 1. The van der Waals surface area contributed by atoms with Gasteiger partial charge in [0.2, 0.25) is 11.9 Å². The normalized spacial score (nSPS) is 18.2. The Morgan fingerprint density at radius 2 is 1.73 bits per heavy atom. The van der Waals surface area contributed by atoms with Crippen LogP contribution in [0.1, 0.15) is 61.4 Å². The number of carbonyl (C=O) groups is 1. The second kappa shape index (κ2) is 8.69. The number of benzene rings is 2. The first-order valence-corrected chi connectivity index (χ1v) is 10.5. The molecule has 1 amide bonds. The Morgan fingerprint density at radius 3 is 2.40 bits per heavy atom. The first kappa shape index (κ1) is 20.1. The van der Waals surface area contributed by atoms with E-state index in [1.807, 2.05) is 33.8 Å². The minimum absolute atomic E-state index is 0.0189. The third-order valence-electron chi connectivity index (χ3n) is 5.80. The molecule has 2 atom stereocenters. The van der Waals surface area contributed by atoms with E-state index in [0.717, 1.165) is 30.6 Å². The fraction of sp³-hybridized carbons (Fsp3) is 0.375. The summed E-state index contributed by atoms with van der Waals surface area (Å²) < 4.78 is 7.22. The van der Waals surface area contributed by atoms with Crippen LogP contribution in [0.2, 0.25) is 0 Å². The lowest BCUT2D eigenvalue weighted by atomic mass is 9.91. The quantitative estimate of drug-likeness (QED) is 0.589. The van der Waals surface area contributed by atoms with E-state index in [2.05, 4.69) is 48.2 Å². The van der Waals surface area contributed by atoms with E-state index < -0.39 is 0 Å². The lowest BCUT2D eigenvalue weighted by Gasteiger charge is -2.39. The van der Waals surface area contributed by atoms with Gasteiger partial charge in [0, 0.05) is 6.42 Å². The highest BCUT2D eigenvalue weighted by atomic mass is 16.5. The molecule has 0 saturated carbocycles. The third kappa shape index (κ3) is 3.82. The van der Waals surface area contributed by atoms with Gasteiger partial charge < -0.3 is 4.74 Å². The molecular weight excluding hydrogens is 376 g/mol. The van der Waals surface area contributed by atoms with E-state index in [4.69, 9.17) is 4.74 Å². The number of nitrogens with zero attached hydrogens (tertiary/aromatic N) is 4. The summed E-state index contributed by atoms with van der Waals surface area (Å²) in [6, 6.07) is 16.4. The predicted molar refractivity (Wildman–Crippen MR) is 117 cm³/mol. The van der Waals surface area contributed by atoms with Crippen molar-refractivity contribution < 1.29 is 9.53 Å². The molecule has 6 nitrogen and oxygen atoms in total. The van der Waals surface area contributed by atoms with Crippen LogP contribution in [0.25, 0.3) is 0 Å². The number of unbranched alkanes of at least 4 members (excludes halogenated alkanes) is 1. The minimum atomic E-state index is -0.108. The number of aromatic nitrogens is 3. The summed E-state index contributed by atoms with van der Waals surface area (Å²) in [5, 5.41) is 4.50. The van der Waals surface area contributed by atoms with Crippen LogP contribution in [0.4, 0.5) is 5.95 Å². The number of carbonyl (C=O) groups excluding carboxylic acids is 1. The van der Waals surface area contributed by atoms with Gasteiger partial charge in [-0.15, -0.1) is 0 Å². The standard InChI is InChI=1S/C24H28N4O2/c1-4-5-6-23(29)27-21(18-11-13-20(30-3)14-12-18)15-22(28-24(27)25-16-26-28)19-9-7-17(2)8-10-19/h7-14,16,21-22H,4-6,15H2,1-3H3/t21-,22+/m1/s1. The van der Waals surface area contributed by atoms with Crippen molar-refractivity contribution in [3.8, 4) is 5.75 Å². The van der Waals surface area contributed by atoms with Crippen LogP contribution in [0, 0.1) is 6.92 Å². The molecule has 0 spiro atoms. The second-order valence-electron chi connectivity index (χ2n) is 7.82. The molecule has 1 aromatic heterocycles. The number of hydrogen-bond donors (Lipinski definition) is 0. The molecule has 1 aliphatic rings. The number of ether oxygens (including phenoxy) is 1. The van der Waals surface area contributed by atoms with E-state index in [1.54, 1.807) is 13.4 Å². The first-order valence-electron chi connectivity index (χ1n) is 10.5. The van der Waals surface area contributed by atoms with Crippen molar-refractivity contribution >= 4 is 11.9 Å². The lowest BCUT2D eigenvalue weighted by Crippen LogP contribution is -2.42. The molecule has 0 N–H and O–H groups in total. The molecule has 0 aliphatic carbocycles. The maximum absolute atomic E-state index is 13.2. The second-order valence-corrected chi connectivity index (χ2v) is 7.82. The Morgan fingerprint density at radius 1 is 1.07 bits per heavy atom. The Kier molecular flexibility index (Phi) is 5.84. The maximum Gasteiger partial charge on any atom is 0.231 e. The topological polar surface area (TPSA) is 60.2 Å². The monoisotopic (exact) mass is 404 g/mol. The molecule has 4 rings (SSSR count). The lowest BCUT2D eigenvalue weighted by molar-refractivity contribution is -0.119. The number of amides is 1. The van der Waals surface area contributed by atoms with Crippen molar-refractivity contribution in [2.24, 2.45) is 0 Å². The molecule has 30 heavy (non-hydrogen) atoms. The van der Waals surface area contributed by atoms with Crippen LogP contribution in [0.5, 0.6) is 5.75 Å². The highest BCUT2D eigenvalue weighted by molar-refractivity contribution is 5.92. The summed E-state index contributed by atoms with van der Waals surface area (Å²) in [4.78, 5) is 19.6. The number of hydrogen-bond acceptors (Lipinski definition) is 4. The molecule has 2 aromatic carbocycles. The molecule has 0 radical (unpaired) electrons. The zero-order chi connectivity index (χ0) is 21.1. The van der Waals surface area contributed by atoms with Crippen LogP contribution in [-0.4, -0.2) is 27.8 Å². The summed E-state index contributed by atoms with van der Waals surface area (Å²) in [6.45, 7) is 4.18. The molecule has 6 heteroatoms. The Labute approximate surface area is 177 Å². The average molecular weight is 405 g/mol. The van der Waals surface area contributed by atoms with Gasteiger partial charge in [0.25, 0.3) is 0 Å². The maximum atomic E-state index is 13.2. The predicted octanol–water partition coefficient (Wildman–Crippen LogP) is 4.85. The molecular formula is C24H28N4O2. The summed E-state index contributed by atoms with van der Waals surface area (Å²) >= 11 is 0. The highest BCUT2D eigenvalue weighted by Gasteiger charge is 2.39. The number of anilines is 1. The highest BCUT2D eigenvalue weighted by Crippen LogP contribution is 2.42. The Balaban J connectivity index is 1.78. The van der Waals surface area contributed by atoms with Crippen molar-refractivity contribution in [3.63, 3.8) is 0 Å². The molecule has 0 unspecified atom stereocenters. The molecule has 1 aliphatic heterocycles. The van der Waals surface area contributed by atoms with Gasteiger partial charge in [-0.25, -0.2) is 4.68 Å². The van der Waals surface area contributed by atoms with Gasteiger partial charge in [-0.05, 0) is 43.0 Å². The number of methoxy groups -OCH3 is 1. The SMILES string of the molecule is CCCCC(=O)N1c2ncnn2[C@H](c2ccc(C)cc2)C[C@@H]1c1ccc(OC)cc1. The average Bonchev–Trinajstić information content (AvgIpc) is 3.27. The van der Waals surface area contributed by atoms with Crippen molar-refractivity contribution in [3.05, 3.63) is 71.5 Å². The van der Waals surface area contributed by atoms with Crippen molar-refractivity contribution in [2.75, 3.05) is 12.0 Å². The van der Waals surface area contributed by atoms with Gasteiger partial charge in [0.1, 0.15) is 12.1 Å². The Bertz CT molecular complexity index is 995. The Hall–Kier alpha value is -3.15. The summed E-state index contributed by atoms with van der Waals surface area (Å²) in [5.41, 5.74) is 3.47. The first-order chi connectivity index (χ1) is 14.6. The van der Waals surface area contributed by atoms with E-state index >= 15 is 0 Å². The molecule has 0 fully saturated rings. The van der Waals surface area contributed by atoms with Gasteiger partial charge in [-0.2, -0.15) is 10.1 Å². The van der Waals surface area contributed by atoms with Crippen LogP contribution in [0.3, 0.4) is 0 Å². The number of aryl methyl sites for hydroxylation is 1. The van der Waals surface area contributed by atoms with E-state index in [0.29, 0.717) is 12.4 Å². The third-order valence-corrected chi connectivity index (χ3v) is 5.80. The summed E-state index contributed by atoms with van der Waals surface area (Å²) in [5.74, 6) is 1.51. The fourth-order valence-corrected chi connectivity index (χ4v) is 4.10. The van der Waals surface area contributed by atoms with Crippen LogP contribution in [-0.2, 0) is 4.79 Å². The van der Waals surface area contributed by atoms with Gasteiger partial charge in [-0.3, -0.25) is 9.69 Å². The fourth-order valence-electron chi connectivity index (χ4n) is 4.10. The number of rotatable bonds is 6. The largest absolute Gasteiger partial charge is 0.497 e. The molecule has 156 valence electrons. The van der Waals surface area contributed by atoms with Crippen molar-refractivity contribution in [1.82, 2.24) is 14.8 Å². The van der Waals surface area contributed by atoms with Gasteiger partial charge in [0.05, 0.1) is 19.2 Å². The van der Waals surface area contributed by atoms with E-state index in [-0.39, 0.29) is 18.0 Å². The molecule has 0 bridgehead atoms. The zero-order valence-corrected chi connectivity index (χ0v) is 17.8. The zero-order valence-electron chi connectivity index (χ0n) is 17.8. The van der Waals surface area contributed by atoms with Crippen LogP contribution >= 0.6 is 0 Å². The van der Waals surface area contributed by atoms with Crippen LogP contribution in [0.15, 0.2) is 54.9 Å². The van der Waals surface area contributed by atoms with E-state index in [9.17, 15) is 4.79 Å². The summed E-state index contributed by atoms with van der Waals surface area (Å²) in [7, 11) is 1.66. The van der Waals surface area contributed by atoms with Crippen molar-refractivity contribution in [2.45, 2.75) is 51.6 Å². The van der Waals surface area contributed by atoms with Gasteiger partial charge in [0.15, 0.2) is 0 Å². The van der Waals surface area contributed by atoms with Crippen LogP contribution < -0.4 is 9.64 Å². The molecule has 3 aromatic rings. The summed E-state index contributed by atoms with van der Waals surface area (Å²) in [6.07, 6.45) is 4.63. The van der Waals surface area contributed by atoms with Gasteiger partial charge >= 0.3 is 0 Å². The van der Waals surface area contributed by atoms with Gasteiger partial charge in [-0.1, -0.05) is 55.3 Å². The van der Waals surface area contributed by atoms with Crippen molar-refractivity contribution in [1.29, 1.82) is 0 Å². The smallest absolute Gasteiger partial charge is 0.231 e.